The van der Waals surface area contributed by atoms with Gasteiger partial charge in [0.05, 0.1) is 0 Å². The number of carbonyl (C=O) groups is 1. The van der Waals surface area contributed by atoms with E-state index < -0.39 is 47.5 Å². The van der Waals surface area contributed by atoms with E-state index in [2.05, 4.69) is 8.37 Å². The van der Waals surface area contributed by atoms with Crippen molar-refractivity contribution in [1.82, 2.24) is 0 Å². The molecule has 1 N–H and O–H groups in total. The van der Waals surface area contributed by atoms with Gasteiger partial charge in [0.2, 0.25) is 0 Å². The first kappa shape index (κ1) is 52.6. The fourth-order valence-electron chi connectivity index (χ4n) is 7.30. The Kier molecular flexibility index (Phi) is 16.3. The summed E-state index contributed by atoms with van der Waals surface area (Å²) in [5.74, 6) is 0.0503. The Hall–Kier alpha value is -4.77. The summed E-state index contributed by atoms with van der Waals surface area (Å²) in [4.78, 5) is 12.2. The Labute approximate surface area is 367 Å². The molecule has 0 spiro atoms. The van der Waals surface area contributed by atoms with Gasteiger partial charge in [0, 0.05) is 16.2 Å². The van der Waals surface area contributed by atoms with Gasteiger partial charge in [0.15, 0.2) is 5.78 Å². The van der Waals surface area contributed by atoms with E-state index in [-0.39, 0.29) is 40.8 Å². The zero-order chi connectivity index (χ0) is 48.1. The van der Waals surface area contributed by atoms with Gasteiger partial charge in [0.25, 0.3) is 0 Å². The molecule has 0 saturated heterocycles. The first-order valence-corrected chi connectivity index (χ1v) is 23.0. The molecule has 0 aromatic heterocycles. The third kappa shape index (κ3) is 11.7. The van der Waals surface area contributed by atoms with Gasteiger partial charge in [-0.1, -0.05) is 97.0 Å². The van der Waals surface area contributed by atoms with Crippen molar-refractivity contribution in [2.24, 2.45) is 5.41 Å². The van der Waals surface area contributed by atoms with Gasteiger partial charge < -0.3 is 18.2 Å². The van der Waals surface area contributed by atoms with Crippen LogP contribution in [0.4, 0.5) is 26.3 Å². The molecule has 0 radical (unpaired) electrons. The topological polar surface area (TPSA) is 133 Å². The fraction of sp³-hybridized carbons (Fsp3) is 0.457. The first-order chi connectivity index (χ1) is 28.9. The molecule has 4 aromatic carbocycles. The van der Waals surface area contributed by atoms with Crippen molar-refractivity contribution in [1.29, 1.82) is 0 Å². The number of phenolic OH excluding ortho intramolecular Hbond substituents is 1. The zero-order valence-electron chi connectivity index (χ0n) is 37.3. The minimum Gasteiger partial charge on any atom is -0.508 e. The molecule has 0 aliphatic rings. The number of carbonyl (C=O) groups excluding carboxylic acids is 1. The van der Waals surface area contributed by atoms with E-state index in [1.54, 1.807) is 37.3 Å². The second kappa shape index (κ2) is 19.5. The van der Waals surface area contributed by atoms with Crippen LogP contribution in [0.5, 0.6) is 23.0 Å². The molecule has 0 bridgehead atoms. The standard InChI is InChI=1S/C26H33F3O5S.C20H23F3O4S/c1-8-25(9-2,19-10-12-21(17(3)14-19)33-16-23(30)24(5,6)7)20-11-13-22(18(4)15-20)34-35(31,32)26(27,28)29;1-5-19(6-2,15-7-9-17(24)13(3)11-15)16-8-10-18(14(4)12-16)27-28(25,26)20(21,22)23/h10-15H,8-9,16H2,1-7H3;7-12,24H,5-6H2,1-4H3. The summed E-state index contributed by atoms with van der Waals surface area (Å²) in [6, 6.07) is 20.1. The number of phenols is 1. The van der Waals surface area contributed by atoms with Crippen molar-refractivity contribution in [2.75, 3.05) is 6.61 Å². The summed E-state index contributed by atoms with van der Waals surface area (Å²) in [5.41, 5.74) is -6.68. The number of ketones is 1. The summed E-state index contributed by atoms with van der Waals surface area (Å²) in [6.45, 7) is 20.2. The van der Waals surface area contributed by atoms with Gasteiger partial charge in [-0.25, -0.2) is 0 Å². The first-order valence-electron chi connectivity index (χ1n) is 20.2. The predicted molar refractivity (Wildman–Crippen MR) is 230 cm³/mol. The molecular formula is C46H56F6O9S2. The summed E-state index contributed by atoms with van der Waals surface area (Å²) < 4.78 is 136. The van der Waals surface area contributed by atoms with Gasteiger partial charge >= 0.3 is 31.3 Å². The molecule has 0 aliphatic carbocycles. The second-order valence-electron chi connectivity index (χ2n) is 16.4. The Bertz CT molecular complexity index is 2480. The molecule has 0 heterocycles. The molecule has 0 unspecified atom stereocenters. The van der Waals surface area contributed by atoms with Crippen LogP contribution in [0.3, 0.4) is 0 Å². The third-order valence-electron chi connectivity index (χ3n) is 11.5. The van der Waals surface area contributed by atoms with Crippen molar-refractivity contribution in [3.05, 3.63) is 117 Å². The lowest BCUT2D eigenvalue weighted by atomic mass is 9.70. The number of alkyl halides is 6. The highest BCUT2D eigenvalue weighted by Crippen LogP contribution is 2.44. The van der Waals surface area contributed by atoms with E-state index in [9.17, 15) is 53.1 Å². The Morgan fingerprint density at radius 2 is 0.825 bits per heavy atom. The molecule has 17 heteroatoms. The second-order valence-corrected chi connectivity index (χ2v) is 19.5. The van der Waals surface area contributed by atoms with Crippen LogP contribution in [0, 0.1) is 33.1 Å². The fourth-order valence-corrected chi connectivity index (χ4v) is 8.34. The molecule has 4 rings (SSSR count). The third-order valence-corrected chi connectivity index (χ3v) is 13.4. The van der Waals surface area contributed by atoms with Gasteiger partial charge in [-0.05, 0) is 122 Å². The number of halogens is 6. The van der Waals surface area contributed by atoms with E-state index >= 15 is 0 Å². The van der Waals surface area contributed by atoms with Gasteiger partial charge in [-0.3, -0.25) is 4.79 Å². The number of aromatic hydroxyl groups is 1. The van der Waals surface area contributed by atoms with Crippen molar-refractivity contribution in [3.63, 3.8) is 0 Å². The molecule has 348 valence electrons. The molecule has 0 amide bonds. The summed E-state index contributed by atoms with van der Waals surface area (Å²) in [7, 11) is -11.5. The molecule has 4 aromatic rings. The highest BCUT2D eigenvalue weighted by atomic mass is 32.2. The van der Waals surface area contributed by atoms with Gasteiger partial charge in [-0.2, -0.15) is 43.2 Å². The summed E-state index contributed by atoms with van der Waals surface area (Å²) >= 11 is 0. The van der Waals surface area contributed by atoms with Crippen LogP contribution >= 0.6 is 0 Å². The Morgan fingerprint density at radius 1 is 0.524 bits per heavy atom. The highest BCUT2D eigenvalue weighted by molar-refractivity contribution is 7.88. The van der Waals surface area contributed by atoms with E-state index in [0.717, 1.165) is 33.4 Å². The Morgan fingerprint density at radius 3 is 1.10 bits per heavy atom. The van der Waals surface area contributed by atoms with Crippen LogP contribution in [0.25, 0.3) is 0 Å². The zero-order valence-corrected chi connectivity index (χ0v) is 38.9. The van der Waals surface area contributed by atoms with E-state index in [1.165, 1.54) is 26.0 Å². The van der Waals surface area contributed by atoms with Crippen LogP contribution in [0.15, 0.2) is 72.8 Å². The summed E-state index contributed by atoms with van der Waals surface area (Å²) in [6.07, 6.45) is 2.78. The van der Waals surface area contributed by atoms with Crippen molar-refractivity contribution < 1.29 is 66.2 Å². The highest BCUT2D eigenvalue weighted by Gasteiger charge is 2.49. The lowest BCUT2D eigenvalue weighted by molar-refractivity contribution is -0.128. The monoisotopic (exact) mass is 930 g/mol. The number of ether oxygens (including phenoxy) is 1. The maximum atomic E-state index is 12.7. The number of hydrogen-bond donors (Lipinski definition) is 1. The molecule has 9 nitrogen and oxygen atoms in total. The van der Waals surface area contributed by atoms with Crippen LogP contribution in [-0.2, 0) is 35.9 Å². The number of benzene rings is 4. The number of aryl methyl sites for hydroxylation is 4. The minimum atomic E-state index is -5.75. The smallest absolute Gasteiger partial charge is 0.508 e. The summed E-state index contributed by atoms with van der Waals surface area (Å²) in [5, 5.41) is 9.81. The van der Waals surface area contributed by atoms with Crippen molar-refractivity contribution in [3.8, 4) is 23.0 Å². The average molecular weight is 931 g/mol. The molecule has 0 aliphatic heterocycles. The van der Waals surface area contributed by atoms with E-state index in [4.69, 9.17) is 4.74 Å². The largest absolute Gasteiger partial charge is 0.534 e. The maximum absolute atomic E-state index is 12.7. The average Bonchev–Trinajstić information content (AvgIpc) is 3.18. The van der Waals surface area contributed by atoms with Crippen LogP contribution in [0.1, 0.15) is 119 Å². The van der Waals surface area contributed by atoms with Crippen molar-refractivity contribution in [2.45, 2.75) is 124 Å². The minimum absolute atomic E-state index is 0.0113. The number of hydrogen-bond acceptors (Lipinski definition) is 9. The molecule has 0 saturated carbocycles. The maximum Gasteiger partial charge on any atom is 0.534 e. The quantitative estimate of drug-likeness (QED) is 0.0702. The Balaban J connectivity index is 0.000000344. The molecule has 0 atom stereocenters. The normalized spacial score (nSPS) is 12.9. The van der Waals surface area contributed by atoms with Gasteiger partial charge in [-0.15, -0.1) is 0 Å². The lowest BCUT2D eigenvalue weighted by Gasteiger charge is -2.34. The number of rotatable bonds is 15. The van der Waals surface area contributed by atoms with Crippen LogP contribution < -0.4 is 13.1 Å². The van der Waals surface area contributed by atoms with Crippen LogP contribution in [-0.4, -0.2) is 45.3 Å². The van der Waals surface area contributed by atoms with E-state index in [1.807, 2.05) is 85.7 Å². The predicted octanol–water partition coefficient (Wildman–Crippen LogP) is 12.0. The van der Waals surface area contributed by atoms with E-state index in [0.29, 0.717) is 31.4 Å². The molecule has 0 fully saturated rings. The van der Waals surface area contributed by atoms with Crippen molar-refractivity contribution >= 4 is 26.0 Å². The molecule has 63 heavy (non-hydrogen) atoms. The SMILES string of the molecule is CCC(CC)(c1ccc(O)c(C)c1)c1ccc(OS(=O)(=O)C(F)(F)F)c(C)c1.CCC(CC)(c1ccc(OCC(=O)C(C)(C)C)c(C)c1)c1ccc(OS(=O)(=O)C(F)(F)F)c(C)c1. The number of Topliss-reactive ketones (excluding diaryl/α,β-unsaturated/α-hetero) is 1. The van der Waals surface area contributed by atoms with Gasteiger partial charge in [0.1, 0.15) is 29.6 Å². The van der Waals surface area contributed by atoms with Crippen LogP contribution in [0.2, 0.25) is 0 Å². The lowest BCUT2D eigenvalue weighted by Crippen LogP contribution is -2.29. The molecular weight excluding hydrogens is 875 g/mol.